The van der Waals surface area contributed by atoms with Crippen molar-refractivity contribution in [3.8, 4) is 0 Å². The third-order valence-electron chi connectivity index (χ3n) is 29.8. The Hall–Kier alpha value is -0.240. The van der Waals surface area contributed by atoms with Gasteiger partial charge in [-0.3, -0.25) is 0 Å². The fourth-order valence-corrected chi connectivity index (χ4v) is 26.1. The van der Waals surface area contributed by atoms with E-state index in [1.165, 1.54) is 173 Å². The number of hydrogen-bond acceptors (Lipinski definition) is 6. The lowest BCUT2D eigenvalue weighted by Gasteiger charge is -2.34. The summed E-state index contributed by atoms with van der Waals surface area (Å²) in [7, 11) is 11.5. The number of rotatable bonds is 30. The van der Waals surface area contributed by atoms with Crippen LogP contribution in [0.5, 0.6) is 0 Å². The van der Waals surface area contributed by atoms with Crippen LogP contribution in [0.1, 0.15) is 256 Å². The summed E-state index contributed by atoms with van der Waals surface area (Å²) in [5, 5.41) is 0. The van der Waals surface area contributed by atoms with Crippen molar-refractivity contribution in [2.75, 3.05) is 82.3 Å². The summed E-state index contributed by atoms with van der Waals surface area (Å²) in [5.41, 5.74) is 0. The second kappa shape index (κ2) is 37.2. The molecule has 87 heavy (non-hydrogen) atoms. The summed E-state index contributed by atoms with van der Waals surface area (Å²) >= 11 is 0. The molecule has 0 aromatic rings. The van der Waals surface area contributed by atoms with Gasteiger partial charge >= 0.3 is 0 Å². The first-order valence-corrected chi connectivity index (χ1v) is 39.3. The molecule has 17 unspecified atom stereocenters. The molecule has 0 amide bonds. The van der Waals surface area contributed by atoms with Gasteiger partial charge in [-0.05, 0) is 274 Å². The van der Waals surface area contributed by atoms with Crippen LogP contribution in [-0.4, -0.2) is 82.3 Å². The van der Waals surface area contributed by atoms with Gasteiger partial charge in [0.15, 0.2) is 0 Å². The molecule has 9 saturated carbocycles. The fraction of sp³-hybridized carbons (Fsp3) is 1.00. The highest BCUT2D eigenvalue weighted by molar-refractivity contribution is 5.04. The van der Waals surface area contributed by atoms with Crippen LogP contribution in [0.25, 0.3) is 0 Å². The third kappa shape index (κ3) is 16.9. The van der Waals surface area contributed by atoms with Gasteiger partial charge in [-0.25, -0.2) is 0 Å². The highest BCUT2D eigenvalue weighted by Crippen LogP contribution is 2.62. The van der Waals surface area contributed by atoms with E-state index in [0.29, 0.717) is 0 Å². The molecule has 9 rings (SSSR count). The number of hydrogen-bond donors (Lipinski definition) is 0. The van der Waals surface area contributed by atoms with Gasteiger partial charge in [0.25, 0.3) is 0 Å². The zero-order valence-electron chi connectivity index (χ0n) is 61.1. The van der Waals surface area contributed by atoms with Gasteiger partial charge in [0.1, 0.15) is 0 Å². The molecule has 0 N–H and O–H groups in total. The van der Waals surface area contributed by atoms with Crippen molar-refractivity contribution < 1.29 is 28.4 Å². The maximum absolute atomic E-state index is 5.76. The molecule has 0 aliphatic heterocycles. The van der Waals surface area contributed by atoms with E-state index < -0.39 is 0 Å². The average molecular weight is 1220 g/mol. The predicted molar refractivity (Wildman–Crippen MR) is 369 cm³/mol. The first-order chi connectivity index (χ1) is 42.4. The Balaban J connectivity index is 0.000000186. The Kier molecular flexibility index (Phi) is 31.7. The zero-order valence-corrected chi connectivity index (χ0v) is 61.1. The minimum Gasteiger partial charge on any atom is -0.384 e. The molecule has 30 atom stereocenters. The third-order valence-corrected chi connectivity index (χ3v) is 29.8. The number of methoxy groups -OCH3 is 6. The molecule has 0 bridgehead atoms. The Morgan fingerprint density at radius 1 is 0.184 bits per heavy atom. The van der Waals surface area contributed by atoms with Crippen molar-refractivity contribution in [3.05, 3.63) is 0 Å². The van der Waals surface area contributed by atoms with Crippen LogP contribution in [0.2, 0.25) is 0 Å². The lowest BCUT2D eigenvalue weighted by molar-refractivity contribution is 0.0657. The second-order valence-electron chi connectivity index (χ2n) is 32.6. The van der Waals surface area contributed by atoms with Crippen LogP contribution >= 0.6 is 0 Å². The fourth-order valence-electron chi connectivity index (χ4n) is 26.1. The van der Waals surface area contributed by atoms with Gasteiger partial charge in [0.05, 0.1) is 0 Å². The van der Waals surface area contributed by atoms with E-state index in [9.17, 15) is 0 Å². The van der Waals surface area contributed by atoms with Crippen LogP contribution in [0.3, 0.4) is 0 Å². The molecule has 0 heterocycles. The Bertz CT molecular complexity index is 1510. The zero-order chi connectivity index (χ0) is 62.9. The predicted octanol–water partition coefficient (Wildman–Crippen LogP) is 21.2. The first kappa shape index (κ1) is 74.2. The smallest absolute Gasteiger partial charge is 0.0496 e. The van der Waals surface area contributed by atoms with Gasteiger partial charge in [-0.15, -0.1) is 0 Å². The lowest BCUT2D eigenvalue weighted by Crippen LogP contribution is -2.30. The maximum atomic E-state index is 5.76. The van der Waals surface area contributed by atoms with Gasteiger partial charge < -0.3 is 28.4 Å². The minimum atomic E-state index is 0.808. The molecule has 0 aromatic carbocycles. The summed E-state index contributed by atoms with van der Waals surface area (Å²) < 4.78 is 34.6. The summed E-state index contributed by atoms with van der Waals surface area (Å²) in [6.45, 7) is 35.0. The molecule has 0 saturated heterocycles. The van der Waals surface area contributed by atoms with E-state index in [2.05, 4.69) is 83.1 Å². The quantitative estimate of drug-likeness (QED) is 0.0714. The standard InChI is InChI=1S/3C27H50O2/c3*1-7-18-13-20(9-3)26(24(18)16-28-5)22-11-12-23(15-22)27-21(10-4)14-19(8-2)25(27)17-29-6/h3*18-27H,7-17H2,1-6H3/t18?,19?,20?,21?,22?,23?,24?,25?,26-,27+;18?,19?,20-,21?,22?,23?,24-,25?,26+,27+;18-,19+,20-,21?,22?,23?,24-,25+,26+,27-/m.11/s1. The van der Waals surface area contributed by atoms with E-state index >= 15 is 0 Å². The summed E-state index contributed by atoms with van der Waals surface area (Å²) in [5.74, 6) is 27.0. The average Bonchev–Trinajstić information content (AvgIpc) is 1.91. The Labute approximate surface area is 542 Å². The van der Waals surface area contributed by atoms with E-state index in [1.807, 2.05) is 42.7 Å². The second-order valence-corrected chi connectivity index (χ2v) is 32.6. The Morgan fingerprint density at radius 3 is 0.414 bits per heavy atom. The SMILES string of the molecule is CCC1CC(CC)[C@@H](C2CCC([C@@H]3[C@H](CC)CC(CC)[C@H]3COC)C2)C1COC.CCC1CC(CC)[C@H](C2CCC([C@@H]3C(CC)CC(CC)C3COC)C2)C1COC.CCC1C[C@H](CC)[C@H](COC)[C@H]1C1CCC([C@@H]2[C@H](CC)C[C@@H](CC)[C@H]2COC)C1. The van der Waals surface area contributed by atoms with Crippen molar-refractivity contribution in [1.29, 1.82) is 0 Å². The topological polar surface area (TPSA) is 55.4 Å². The van der Waals surface area contributed by atoms with Crippen molar-refractivity contribution >= 4 is 0 Å². The number of ether oxygens (including phenoxy) is 6. The van der Waals surface area contributed by atoms with Crippen LogP contribution < -0.4 is 0 Å². The van der Waals surface area contributed by atoms with Crippen LogP contribution in [0, 0.1) is 178 Å². The summed E-state index contributed by atoms with van der Waals surface area (Å²) in [4.78, 5) is 0. The molecule has 9 aliphatic carbocycles. The van der Waals surface area contributed by atoms with Crippen LogP contribution in [0.15, 0.2) is 0 Å². The van der Waals surface area contributed by atoms with Gasteiger partial charge in [0, 0.05) is 82.3 Å². The van der Waals surface area contributed by atoms with Crippen LogP contribution in [0.4, 0.5) is 0 Å². The summed E-state index contributed by atoms with van der Waals surface area (Å²) in [6.07, 6.45) is 38.3. The van der Waals surface area contributed by atoms with Gasteiger partial charge in [0.2, 0.25) is 0 Å². The van der Waals surface area contributed by atoms with E-state index in [0.717, 1.165) is 217 Å². The largest absolute Gasteiger partial charge is 0.384 e. The maximum Gasteiger partial charge on any atom is 0.0496 e. The molecular formula is C81H150O6. The monoisotopic (exact) mass is 1220 g/mol. The molecule has 0 radical (unpaired) electrons. The van der Waals surface area contributed by atoms with Crippen molar-refractivity contribution in [2.24, 2.45) is 178 Å². The molecule has 0 aromatic heterocycles. The van der Waals surface area contributed by atoms with Crippen molar-refractivity contribution in [2.45, 2.75) is 256 Å². The van der Waals surface area contributed by atoms with Gasteiger partial charge in [-0.1, -0.05) is 160 Å². The van der Waals surface area contributed by atoms with Gasteiger partial charge in [-0.2, -0.15) is 0 Å². The van der Waals surface area contributed by atoms with Crippen molar-refractivity contribution in [3.63, 3.8) is 0 Å². The lowest BCUT2D eigenvalue weighted by atomic mass is 9.72. The minimum absolute atomic E-state index is 0.808. The van der Waals surface area contributed by atoms with E-state index in [1.54, 1.807) is 0 Å². The molecule has 9 aliphatic rings. The first-order valence-electron chi connectivity index (χ1n) is 39.3. The normalized spacial score (nSPS) is 45.3. The molecule has 6 nitrogen and oxygen atoms in total. The highest BCUT2D eigenvalue weighted by Gasteiger charge is 2.55. The molecular weight excluding hydrogens is 1070 g/mol. The molecule has 0 spiro atoms. The molecule has 510 valence electrons. The van der Waals surface area contributed by atoms with Crippen molar-refractivity contribution in [1.82, 2.24) is 0 Å². The summed E-state index contributed by atoms with van der Waals surface area (Å²) in [6, 6.07) is 0. The van der Waals surface area contributed by atoms with E-state index in [4.69, 9.17) is 28.4 Å². The van der Waals surface area contributed by atoms with E-state index in [-0.39, 0.29) is 0 Å². The molecule has 9 fully saturated rings. The Morgan fingerprint density at radius 2 is 0.310 bits per heavy atom. The molecule has 6 heteroatoms. The van der Waals surface area contributed by atoms with Crippen LogP contribution in [-0.2, 0) is 28.4 Å². The highest BCUT2D eigenvalue weighted by atomic mass is 16.5.